The number of halogens is 3. The van der Waals surface area contributed by atoms with Gasteiger partial charge in [-0.25, -0.2) is 13.7 Å². The molecular formula is C29H18ClF2N3O3S. The van der Waals surface area contributed by atoms with Gasteiger partial charge in [-0.3, -0.25) is 14.4 Å². The standard InChI is InChI=1S/C29H18ClF2N3O3S/c30-24-4-2-1-3-23(24)27(36)34-20-11-15-22(16-12-20)39-26-25(33-19-9-5-17(31)6-10-19)28(37)35(29(26)38)21-13-7-18(32)8-14-21/h1-16,33H,(H,34,36). The summed E-state index contributed by atoms with van der Waals surface area (Å²) >= 11 is 7.14. The van der Waals surface area contributed by atoms with Gasteiger partial charge in [-0.05, 0) is 84.9 Å². The van der Waals surface area contributed by atoms with E-state index in [2.05, 4.69) is 10.6 Å². The summed E-state index contributed by atoms with van der Waals surface area (Å²) < 4.78 is 26.9. The zero-order valence-electron chi connectivity index (χ0n) is 20.0. The Balaban J connectivity index is 1.41. The fourth-order valence-electron chi connectivity index (χ4n) is 3.78. The topological polar surface area (TPSA) is 78.5 Å². The largest absolute Gasteiger partial charge is 0.350 e. The summed E-state index contributed by atoms with van der Waals surface area (Å²) in [5, 5.41) is 6.02. The second-order valence-electron chi connectivity index (χ2n) is 8.32. The van der Waals surface area contributed by atoms with Gasteiger partial charge in [-0.15, -0.1) is 0 Å². The molecule has 6 nitrogen and oxygen atoms in total. The molecule has 194 valence electrons. The van der Waals surface area contributed by atoms with E-state index < -0.39 is 23.4 Å². The fraction of sp³-hybridized carbons (Fsp3) is 0. The average molecular weight is 562 g/mol. The first kappa shape index (κ1) is 26.1. The zero-order valence-corrected chi connectivity index (χ0v) is 21.5. The number of hydrogen-bond donors (Lipinski definition) is 2. The monoisotopic (exact) mass is 561 g/mol. The van der Waals surface area contributed by atoms with E-state index >= 15 is 0 Å². The van der Waals surface area contributed by atoms with Crippen LogP contribution in [0.3, 0.4) is 0 Å². The maximum absolute atomic E-state index is 13.5. The number of thioether (sulfide) groups is 1. The first-order chi connectivity index (χ1) is 18.8. The second-order valence-corrected chi connectivity index (χ2v) is 9.81. The van der Waals surface area contributed by atoms with Crippen LogP contribution in [0.15, 0.2) is 113 Å². The van der Waals surface area contributed by atoms with Crippen LogP contribution in [0.1, 0.15) is 10.4 Å². The molecule has 0 unspecified atom stereocenters. The Kier molecular flexibility index (Phi) is 7.44. The van der Waals surface area contributed by atoms with E-state index in [1.165, 1.54) is 36.4 Å². The molecule has 10 heteroatoms. The van der Waals surface area contributed by atoms with Gasteiger partial charge in [0, 0.05) is 16.3 Å². The van der Waals surface area contributed by atoms with E-state index in [9.17, 15) is 23.2 Å². The number of anilines is 3. The van der Waals surface area contributed by atoms with Crippen molar-refractivity contribution in [1.82, 2.24) is 0 Å². The van der Waals surface area contributed by atoms with Crippen molar-refractivity contribution < 1.29 is 23.2 Å². The molecule has 2 N–H and O–H groups in total. The third kappa shape index (κ3) is 5.69. The van der Waals surface area contributed by atoms with Crippen LogP contribution in [-0.2, 0) is 9.59 Å². The van der Waals surface area contributed by atoms with Crippen LogP contribution >= 0.6 is 23.4 Å². The molecule has 4 aromatic carbocycles. The molecule has 4 aromatic rings. The Hall–Kier alpha value is -4.47. The van der Waals surface area contributed by atoms with Gasteiger partial charge < -0.3 is 10.6 Å². The minimum absolute atomic E-state index is 0.00275. The van der Waals surface area contributed by atoms with Crippen LogP contribution in [-0.4, -0.2) is 17.7 Å². The van der Waals surface area contributed by atoms with Crippen LogP contribution in [0.5, 0.6) is 0 Å². The van der Waals surface area contributed by atoms with E-state index in [0.717, 1.165) is 28.8 Å². The number of carbonyl (C=O) groups is 3. The Morgan fingerprint density at radius 1 is 0.744 bits per heavy atom. The van der Waals surface area contributed by atoms with Gasteiger partial charge in [-0.1, -0.05) is 35.5 Å². The Bertz CT molecular complexity index is 1610. The molecule has 0 fully saturated rings. The number of amides is 3. The summed E-state index contributed by atoms with van der Waals surface area (Å²) in [7, 11) is 0. The SMILES string of the molecule is O=C(Nc1ccc(SC2=C(Nc3ccc(F)cc3)C(=O)N(c3ccc(F)cc3)C2=O)cc1)c1ccccc1Cl. The molecule has 5 rings (SSSR count). The predicted molar refractivity (Wildman–Crippen MR) is 148 cm³/mol. The highest BCUT2D eigenvalue weighted by Gasteiger charge is 2.40. The zero-order chi connectivity index (χ0) is 27.5. The number of nitrogens with one attached hydrogen (secondary N) is 2. The highest BCUT2D eigenvalue weighted by Crippen LogP contribution is 2.38. The van der Waals surface area contributed by atoms with Crippen molar-refractivity contribution in [3.8, 4) is 0 Å². The normalized spacial score (nSPS) is 13.2. The summed E-state index contributed by atoms with van der Waals surface area (Å²) in [5.74, 6) is -2.57. The predicted octanol–water partition coefficient (Wildman–Crippen LogP) is 6.86. The third-order valence-electron chi connectivity index (χ3n) is 5.69. The molecule has 0 spiro atoms. The van der Waals surface area contributed by atoms with Gasteiger partial charge >= 0.3 is 0 Å². The first-order valence-corrected chi connectivity index (χ1v) is 12.7. The van der Waals surface area contributed by atoms with Crippen LogP contribution in [0.25, 0.3) is 0 Å². The van der Waals surface area contributed by atoms with E-state index in [4.69, 9.17) is 11.6 Å². The van der Waals surface area contributed by atoms with Crippen molar-refractivity contribution in [3.63, 3.8) is 0 Å². The van der Waals surface area contributed by atoms with E-state index in [0.29, 0.717) is 26.9 Å². The highest BCUT2D eigenvalue weighted by atomic mass is 35.5. The second kappa shape index (κ2) is 11.1. The van der Waals surface area contributed by atoms with Gasteiger partial charge in [0.1, 0.15) is 22.2 Å². The summed E-state index contributed by atoms with van der Waals surface area (Å²) in [6, 6.07) is 23.7. The summed E-state index contributed by atoms with van der Waals surface area (Å²) in [6.45, 7) is 0. The van der Waals surface area contributed by atoms with Crippen LogP contribution in [0.4, 0.5) is 25.8 Å². The first-order valence-electron chi connectivity index (χ1n) is 11.5. The number of hydrogen-bond acceptors (Lipinski definition) is 5. The minimum Gasteiger partial charge on any atom is -0.350 e. The van der Waals surface area contributed by atoms with E-state index in [1.807, 2.05) is 0 Å². The van der Waals surface area contributed by atoms with Gasteiger partial charge in [0.25, 0.3) is 17.7 Å². The number of carbonyl (C=O) groups excluding carboxylic acids is 3. The van der Waals surface area contributed by atoms with Gasteiger partial charge in [0.2, 0.25) is 0 Å². The van der Waals surface area contributed by atoms with Gasteiger partial charge in [-0.2, -0.15) is 0 Å². The van der Waals surface area contributed by atoms with Crippen LogP contribution in [0, 0.1) is 11.6 Å². The lowest BCUT2D eigenvalue weighted by atomic mass is 10.2. The quantitative estimate of drug-likeness (QED) is 0.241. The molecule has 1 aliphatic heterocycles. The lowest BCUT2D eigenvalue weighted by molar-refractivity contribution is -0.120. The van der Waals surface area contributed by atoms with Crippen molar-refractivity contribution in [1.29, 1.82) is 0 Å². The third-order valence-corrected chi connectivity index (χ3v) is 7.11. The minimum atomic E-state index is -0.637. The van der Waals surface area contributed by atoms with Crippen LogP contribution < -0.4 is 15.5 Å². The van der Waals surface area contributed by atoms with Crippen molar-refractivity contribution in [2.75, 3.05) is 15.5 Å². The molecule has 0 aromatic heterocycles. The number of imide groups is 1. The molecule has 1 aliphatic rings. The molecule has 1 heterocycles. The summed E-state index contributed by atoms with van der Waals surface area (Å²) in [4.78, 5) is 41.0. The van der Waals surface area contributed by atoms with Gasteiger partial charge in [0.15, 0.2) is 0 Å². The Labute approximate surface area is 231 Å². The molecule has 3 amide bonds. The van der Waals surface area contributed by atoms with Crippen LogP contribution in [0.2, 0.25) is 5.02 Å². The van der Waals surface area contributed by atoms with Crippen molar-refractivity contribution >= 4 is 58.1 Å². The summed E-state index contributed by atoms with van der Waals surface area (Å²) in [5.41, 5.74) is 1.44. The number of nitrogens with zero attached hydrogens (tertiary/aromatic N) is 1. The number of benzene rings is 4. The number of rotatable bonds is 7. The van der Waals surface area contributed by atoms with E-state index in [-0.39, 0.29) is 22.2 Å². The van der Waals surface area contributed by atoms with Gasteiger partial charge in [0.05, 0.1) is 16.3 Å². The molecular weight excluding hydrogens is 544 g/mol. The van der Waals surface area contributed by atoms with E-state index in [1.54, 1.807) is 48.5 Å². The average Bonchev–Trinajstić information content (AvgIpc) is 3.15. The lowest BCUT2D eigenvalue weighted by Crippen LogP contribution is -2.32. The van der Waals surface area contributed by atoms with Crippen molar-refractivity contribution in [2.45, 2.75) is 4.90 Å². The molecule has 0 atom stereocenters. The highest BCUT2D eigenvalue weighted by molar-refractivity contribution is 8.04. The maximum atomic E-state index is 13.5. The molecule has 0 bridgehead atoms. The maximum Gasteiger partial charge on any atom is 0.283 e. The molecule has 39 heavy (non-hydrogen) atoms. The molecule has 0 saturated heterocycles. The Morgan fingerprint density at radius 2 is 1.33 bits per heavy atom. The molecule has 0 aliphatic carbocycles. The fourth-order valence-corrected chi connectivity index (χ4v) is 4.93. The summed E-state index contributed by atoms with van der Waals surface area (Å²) in [6.07, 6.45) is 0. The lowest BCUT2D eigenvalue weighted by Gasteiger charge is -2.15. The van der Waals surface area contributed by atoms with Crippen molar-refractivity contribution in [2.24, 2.45) is 0 Å². The molecule has 0 saturated carbocycles. The molecule has 0 radical (unpaired) electrons. The smallest absolute Gasteiger partial charge is 0.283 e. The van der Waals surface area contributed by atoms with Crippen molar-refractivity contribution in [3.05, 3.63) is 130 Å². The Morgan fingerprint density at radius 3 is 1.97 bits per heavy atom.